The highest BCUT2D eigenvalue weighted by molar-refractivity contribution is 5.15. The van der Waals surface area contributed by atoms with Crippen molar-refractivity contribution in [3.05, 3.63) is 23.7 Å². The van der Waals surface area contributed by atoms with E-state index in [1.165, 1.54) is 0 Å². The van der Waals surface area contributed by atoms with Gasteiger partial charge in [0.05, 0.1) is 25.5 Å². The Bertz CT molecular complexity index is 294. The van der Waals surface area contributed by atoms with Gasteiger partial charge in [0.15, 0.2) is 0 Å². The van der Waals surface area contributed by atoms with E-state index in [1.54, 1.807) is 6.26 Å². The highest BCUT2D eigenvalue weighted by atomic mass is 16.5. The lowest BCUT2D eigenvalue weighted by molar-refractivity contribution is 0.0389. The lowest BCUT2D eigenvalue weighted by atomic mass is 10.1. The van der Waals surface area contributed by atoms with E-state index in [0.717, 1.165) is 24.3 Å². The molecule has 1 N–H and O–H groups in total. The number of rotatable bonds is 7. The van der Waals surface area contributed by atoms with E-state index in [-0.39, 0.29) is 0 Å². The van der Waals surface area contributed by atoms with Crippen molar-refractivity contribution in [3.8, 4) is 0 Å². The van der Waals surface area contributed by atoms with Crippen molar-refractivity contribution in [2.75, 3.05) is 7.05 Å². The molecule has 0 aromatic carbocycles. The quantitative estimate of drug-likeness (QED) is 0.774. The Hall–Kier alpha value is -0.800. The summed E-state index contributed by atoms with van der Waals surface area (Å²) in [5.41, 5.74) is 1.14. The second kappa shape index (κ2) is 6.71. The second-order valence-corrected chi connectivity index (χ2v) is 4.65. The Labute approximate surface area is 98.2 Å². The van der Waals surface area contributed by atoms with Gasteiger partial charge >= 0.3 is 0 Å². The maximum absolute atomic E-state index is 5.80. The molecule has 1 heterocycles. The van der Waals surface area contributed by atoms with E-state index in [0.29, 0.717) is 18.6 Å². The monoisotopic (exact) mass is 225 g/mol. The van der Waals surface area contributed by atoms with Gasteiger partial charge in [-0.3, -0.25) is 0 Å². The normalized spacial score (nSPS) is 13.3. The summed E-state index contributed by atoms with van der Waals surface area (Å²) in [6, 6.07) is 1.98. The van der Waals surface area contributed by atoms with Crippen LogP contribution < -0.4 is 5.32 Å². The lowest BCUT2D eigenvalue weighted by Crippen LogP contribution is -2.12. The molecule has 1 rings (SSSR count). The van der Waals surface area contributed by atoms with Gasteiger partial charge < -0.3 is 14.5 Å². The van der Waals surface area contributed by atoms with Crippen LogP contribution >= 0.6 is 0 Å². The third kappa shape index (κ3) is 4.37. The van der Waals surface area contributed by atoms with E-state index < -0.39 is 0 Å². The van der Waals surface area contributed by atoms with Crippen molar-refractivity contribution in [1.82, 2.24) is 5.32 Å². The summed E-state index contributed by atoms with van der Waals surface area (Å²) in [5, 5.41) is 3.08. The van der Waals surface area contributed by atoms with Gasteiger partial charge in [0, 0.05) is 5.56 Å². The fourth-order valence-corrected chi connectivity index (χ4v) is 1.78. The van der Waals surface area contributed by atoms with Gasteiger partial charge in [0.1, 0.15) is 5.76 Å². The van der Waals surface area contributed by atoms with Gasteiger partial charge in [0.2, 0.25) is 0 Å². The van der Waals surface area contributed by atoms with Crippen molar-refractivity contribution < 1.29 is 9.15 Å². The lowest BCUT2D eigenvalue weighted by Gasteiger charge is -2.14. The molecule has 0 saturated heterocycles. The van der Waals surface area contributed by atoms with Gasteiger partial charge in [-0.1, -0.05) is 13.8 Å². The molecule has 0 radical (unpaired) electrons. The van der Waals surface area contributed by atoms with E-state index in [9.17, 15) is 0 Å². The van der Waals surface area contributed by atoms with Gasteiger partial charge in [-0.15, -0.1) is 0 Å². The van der Waals surface area contributed by atoms with Crippen LogP contribution in [0.2, 0.25) is 0 Å². The molecule has 92 valence electrons. The first-order valence-electron chi connectivity index (χ1n) is 5.95. The number of nitrogens with one attached hydrogen (secondary N) is 1. The summed E-state index contributed by atoms with van der Waals surface area (Å²) in [4.78, 5) is 0. The van der Waals surface area contributed by atoms with Crippen LogP contribution in [0.15, 0.2) is 16.7 Å². The predicted molar refractivity (Wildman–Crippen MR) is 65.2 cm³/mol. The molecule has 3 nitrogen and oxygen atoms in total. The Morgan fingerprint density at radius 3 is 2.75 bits per heavy atom. The van der Waals surface area contributed by atoms with Crippen molar-refractivity contribution >= 4 is 0 Å². The molecule has 0 amide bonds. The maximum atomic E-state index is 5.80. The Kier molecular flexibility index (Phi) is 5.56. The maximum Gasteiger partial charge on any atom is 0.123 e. The van der Waals surface area contributed by atoms with E-state index in [4.69, 9.17) is 9.15 Å². The number of ether oxygens (including phenoxy) is 1. The molecule has 1 aromatic heterocycles. The summed E-state index contributed by atoms with van der Waals surface area (Å²) in [6.45, 7) is 7.94. The highest BCUT2D eigenvalue weighted by Gasteiger charge is 2.09. The van der Waals surface area contributed by atoms with Gasteiger partial charge in [-0.25, -0.2) is 0 Å². The zero-order valence-electron chi connectivity index (χ0n) is 10.7. The van der Waals surface area contributed by atoms with Crippen LogP contribution in [0.4, 0.5) is 0 Å². The third-order valence-corrected chi connectivity index (χ3v) is 2.50. The molecular weight excluding hydrogens is 202 g/mol. The van der Waals surface area contributed by atoms with Crippen LogP contribution in [-0.4, -0.2) is 13.2 Å². The summed E-state index contributed by atoms with van der Waals surface area (Å²) >= 11 is 0. The molecule has 3 heteroatoms. The zero-order valence-corrected chi connectivity index (χ0v) is 10.7. The summed E-state index contributed by atoms with van der Waals surface area (Å²) in [7, 11) is 1.91. The Morgan fingerprint density at radius 1 is 1.38 bits per heavy atom. The van der Waals surface area contributed by atoms with Crippen LogP contribution in [0.1, 0.15) is 38.5 Å². The van der Waals surface area contributed by atoms with Crippen LogP contribution in [0.25, 0.3) is 0 Å². The van der Waals surface area contributed by atoms with Crippen molar-refractivity contribution in [1.29, 1.82) is 0 Å². The molecule has 0 saturated carbocycles. The first kappa shape index (κ1) is 13.3. The molecule has 0 fully saturated rings. The summed E-state index contributed by atoms with van der Waals surface area (Å²) < 4.78 is 11.2. The molecule has 0 aliphatic carbocycles. The van der Waals surface area contributed by atoms with Gasteiger partial charge in [0.25, 0.3) is 0 Å². The number of hydrogen-bond acceptors (Lipinski definition) is 3. The SMILES string of the molecule is CNCc1occc1COC(C)CC(C)C. The van der Waals surface area contributed by atoms with Crippen LogP contribution in [0, 0.1) is 5.92 Å². The average molecular weight is 225 g/mol. The molecule has 1 unspecified atom stereocenters. The molecule has 0 spiro atoms. The first-order valence-corrected chi connectivity index (χ1v) is 5.95. The van der Waals surface area contributed by atoms with E-state index >= 15 is 0 Å². The number of hydrogen-bond donors (Lipinski definition) is 1. The first-order chi connectivity index (χ1) is 7.63. The average Bonchev–Trinajstić information content (AvgIpc) is 2.62. The minimum atomic E-state index is 0.303. The minimum Gasteiger partial charge on any atom is -0.468 e. The third-order valence-electron chi connectivity index (χ3n) is 2.50. The highest BCUT2D eigenvalue weighted by Crippen LogP contribution is 2.15. The molecule has 1 atom stereocenters. The minimum absolute atomic E-state index is 0.303. The largest absolute Gasteiger partial charge is 0.468 e. The summed E-state index contributed by atoms with van der Waals surface area (Å²) in [5.74, 6) is 1.65. The second-order valence-electron chi connectivity index (χ2n) is 4.65. The number of furan rings is 1. The Balaban J connectivity index is 2.38. The molecule has 0 aliphatic rings. The van der Waals surface area contributed by atoms with Crippen LogP contribution in [0.5, 0.6) is 0 Å². The summed E-state index contributed by atoms with van der Waals surface area (Å²) in [6.07, 6.45) is 3.12. The molecule has 16 heavy (non-hydrogen) atoms. The van der Waals surface area contributed by atoms with Crippen molar-refractivity contribution in [3.63, 3.8) is 0 Å². The van der Waals surface area contributed by atoms with E-state index in [1.807, 2.05) is 13.1 Å². The fourth-order valence-electron chi connectivity index (χ4n) is 1.78. The smallest absolute Gasteiger partial charge is 0.123 e. The van der Waals surface area contributed by atoms with Crippen LogP contribution in [-0.2, 0) is 17.9 Å². The van der Waals surface area contributed by atoms with Crippen molar-refractivity contribution in [2.45, 2.75) is 46.4 Å². The molecular formula is C13H23NO2. The predicted octanol–water partition coefficient (Wildman–Crippen LogP) is 2.95. The standard InChI is InChI=1S/C13H23NO2/c1-10(2)7-11(3)16-9-12-5-6-15-13(12)8-14-4/h5-6,10-11,14H,7-9H2,1-4H3. The molecule has 1 aromatic rings. The zero-order chi connectivity index (χ0) is 12.0. The topological polar surface area (TPSA) is 34.4 Å². The fraction of sp³-hybridized carbons (Fsp3) is 0.692. The van der Waals surface area contributed by atoms with Gasteiger partial charge in [-0.05, 0) is 32.4 Å². The molecule has 0 aliphatic heterocycles. The van der Waals surface area contributed by atoms with Crippen molar-refractivity contribution in [2.24, 2.45) is 5.92 Å². The Morgan fingerprint density at radius 2 is 2.12 bits per heavy atom. The van der Waals surface area contributed by atoms with Gasteiger partial charge in [-0.2, -0.15) is 0 Å². The van der Waals surface area contributed by atoms with E-state index in [2.05, 4.69) is 26.1 Å². The van der Waals surface area contributed by atoms with Crippen LogP contribution in [0.3, 0.4) is 0 Å². The molecule has 0 bridgehead atoms.